The number of halogens is 2. The molecule has 0 aliphatic heterocycles. The third-order valence-corrected chi connectivity index (χ3v) is 2.41. The Morgan fingerprint density at radius 1 is 1.00 bits per heavy atom. The smallest absolute Gasteiger partial charge is 0.130 e. The van der Waals surface area contributed by atoms with Crippen LogP contribution < -0.4 is 5.32 Å². The zero-order valence-corrected chi connectivity index (χ0v) is 9.16. The number of pyridine rings is 1. The molecule has 0 atom stereocenters. The van der Waals surface area contributed by atoms with E-state index in [1.165, 1.54) is 12.1 Å². The summed E-state index contributed by atoms with van der Waals surface area (Å²) in [6.07, 6.45) is 3.41. The summed E-state index contributed by atoms with van der Waals surface area (Å²) in [5.74, 6) is -1.08. The summed E-state index contributed by atoms with van der Waals surface area (Å²) in [5, 5.41) is 3.09. The molecule has 0 unspecified atom stereocenters. The molecule has 0 radical (unpaired) electrons. The van der Waals surface area contributed by atoms with Crippen LogP contribution in [0.3, 0.4) is 0 Å². The number of hydrogen-bond acceptors (Lipinski definition) is 2. The lowest BCUT2D eigenvalue weighted by Crippen LogP contribution is -2.13. The molecule has 0 amide bonds. The summed E-state index contributed by atoms with van der Waals surface area (Å²) in [6.45, 7) is 0.994. The molecule has 1 N–H and O–H groups in total. The van der Waals surface area contributed by atoms with E-state index in [2.05, 4.69) is 10.3 Å². The number of aromatic nitrogens is 1. The summed E-state index contributed by atoms with van der Waals surface area (Å²) in [5.41, 5.74) is 1.53. The predicted molar refractivity (Wildman–Crippen MR) is 61.1 cm³/mol. The van der Waals surface area contributed by atoms with E-state index in [-0.39, 0.29) is 0 Å². The zero-order valence-electron chi connectivity index (χ0n) is 9.16. The summed E-state index contributed by atoms with van der Waals surface area (Å²) >= 11 is 0. The van der Waals surface area contributed by atoms with Crippen molar-refractivity contribution in [1.29, 1.82) is 0 Å². The van der Waals surface area contributed by atoms with Gasteiger partial charge >= 0.3 is 0 Å². The normalized spacial score (nSPS) is 10.5. The first-order valence-electron chi connectivity index (χ1n) is 5.29. The first-order valence-corrected chi connectivity index (χ1v) is 5.29. The second-order valence-corrected chi connectivity index (χ2v) is 3.69. The van der Waals surface area contributed by atoms with Gasteiger partial charge in [0.05, 0.1) is 0 Å². The Kier molecular flexibility index (Phi) is 3.77. The van der Waals surface area contributed by atoms with Crippen LogP contribution in [0.2, 0.25) is 0 Å². The summed E-state index contributed by atoms with van der Waals surface area (Å²) in [7, 11) is 0. The Labute approximate surface area is 98.3 Å². The topological polar surface area (TPSA) is 24.9 Å². The molecule has 0 aliphatic rings. The van der Waals surface area contributed by atoms with Gasteiger partial charge in [-0.2, -0.15) is 0 Å². The van der Waals surface area contributed by atoms with Gasteiger partial charge in [0.2, 0.25) is 0 Å². The lowest BCUT2D eigenvalue weighted by atomic mass is 10.2. The van der Waals surface area contributed by atoms with Crippen molar-refractivity contribution in [2.24, 2.45) is 0 Å². The van der Waals surface area contributed by atoms with Crippen molar-refractivity contribution in [2.45, 2.75) is 13.1 Å². The Hall–Kier alpha value is -1.81. The maximum Gasteiger partial charge on any atom is 0.130 e. The molecular weight excluding hydrogens is 222 g/mol. The van der Waals surface area contributed by atoms with Crippen molar-refractivity contribution in [3.05, 3.63) is 65.5 Å². The highest BCUT2D eigenvalue weighted by Crippen LogP contribution is 2.09. The quantitative estimate of drug-likeness (QED) is 0.879. The van der Waals surface area contributed by atoms with E-state index in [1.807, 2.05) is 12.1 Å². The first-order chi connectivity index (χ1) is 8.25. The van der Waals surface area contributed by atoms with Crippen LogP contribution in [0.4, 0.5) is 8.78 Å². The SMILES string of the molecule is Fc1ccc(CNCc2ccncc2)c(F)c1. The molecule has 0 saturated carbocycles. The van der Waals surface area contributed by atoms with Crippen molar-refractivity contribution < 1.29 is 8.78 Å². The van der Waals surface area contributed by atoms with Crippen LogP contribution in [0.15, 0.2) is 42.7 Å². The van der Waals surface area contributed by atoms with Gasteiger partial charge in [0.15, 0.2) is 0 Å². The van der Waals surface area contributed by atoms with Crippen molar-refractivity contribution in [1.82, 2.24) is 10.3 Å². The maximum absolute atomic E-state index is 13.3. The molecule has 2 nitrogen and oxygen atoms in total. The van der Waals surface area contributed by atoms with Gasteiger partial charge in [0.25, 0.3) is 0 Å². The number of hydrogen-bond donors (Lipinski definition) is 1. The molecule has 1 aromatic heterocycles. The van der Waals surface area contributed by atoms with Gasteiger partial charge in [-0.05, 0) is 23.8 Å². The third-order valence-electron chi connectivity index (χ3n) is 2.41. The lowest BCUT2D eigenvalue weighted by Gasteiger charge is -2.06. The van der Waals surface area contributed by atoms with E-state index in [0.717, 1.165) is 11.6 Å². The van der Waals surface area contributed by atoms with Crippen molar-refractivity contribution in [3.8, 4) is 0 Å². The highest BCUT2D eigenvalue weighted by Gasteiger charge is 2.02. The van der Waals surface area contributed by atoms with Crippen LogP contribution in [0.1, 0.15) is 11.1 Å². The second kappa shape index (κ2) is 5.50. The Balaban J connectivity index is 1.90. The monoisotopic (exact) mass is 234 g/mol. The third kappa shape index (κ3) is 3.32. The molecule has 88 valence electrons. The van der Waals surface area contributed by atoms with Crippen molar-refractivity contribution >= 4 is 0 Å². The van der Waals surface area contributed by atoms with E-state index >= 15 is 0 Å². The number of nitrogens with zero attached hydrogens (tertiary/aromatic N) is 1. The van der Waals surface area contributed by atoms with Crippen molar-refractivity contribution in [2.75, 3.05) is 0 Å². The molecule has 0 bridgehead atoms. The molecule has 0 spiro atoms. The Bertz CT molecular complexity index is 486. The van der Waals surface area contributed by atoms with Gasteiger partial charge in [0, 0.05) is 37.1 Å². The molecule has 17 heavy (non-hydrogen) atoms. The van der Waals surface area contributed by atoms with E-state index in [4.69, 9.17) is 0 Å². The van der Waals surface area contributed by atoms with E-state index in [0.29, 0.717) is 18.7 Å². The van der Waals surface area contributed by atoms with Gasteiger partial charge in [-0.25, -0.2) is 8.78 Å². The molecule has 4 heteroatoms. The zero-order chi connectivity index (χ0) is 12.1. The Morgan fingerprint density at radius 3 is 2.47 bits per heavy atom. The molecule has 0 fully saturated rings. The maximum atomic E-state index is 13.3. The number of benzene rings is 1. The van der Waals surface area contributed by atoms with Crippen LogP contribution >= 0.6 is 0 Å². The minimum absolute atomic E-state index is 0.369. The summed E-state index contributed by atoms with van der Waals surface area (Å²) in [6, 6.07) is 7.36. The average molecular weight is 234 g/mol. The van der Waals surface area contributed by atoms with Gasteiger partial charge in [-0.3, -0.25) is 4.98 Å². The molecule has 2 aromatic rings. The van der Waals surface area contributed by atoms with Crippen LogP contribution in [-0.4, -0.2) is 4.98 Å². The fourth-order valence-corrected chi connectivity index (χ4v) is 1.51. The van der Waals surface area contributed by atoms with E-state index < -0.39 is 11.6 Å². The first kappa shape index (κ1) is 11.7. The molecule has 1 heterocycles. The van der Waals surface area contributed by atoms with Gasteiger partial charge in [-0.15, -0.1) is 0 Å². The summed E-state index contributed by atoms with van der Waals surface area (Å²) in [4.78, 5) is 3.91. The molecule has 0 saturated heterocycles. The molecule has 0 aliphatic carbocycles. The lowest BCUT2D eigenvalue weighted by molar-refractivity contribution is 0.560. The molecule has 1 aromatic carbocycles. The van der Waals surface area contributed by atoms with Gasteiger partial charge in [0.1, 0.15) is 11.6 Å². The fourth-order valence-electron chi connectivity index (χ4n) is 1.51. The minimum Gasteiger partial charge on any atom is -0.309 e. The van der Waals surface area contributed by atoms with Gasteiger partial charge < -0.3 is 5.32 Å². The largest absolute Gasteiger partial charge is 0.309 e. The van der Waals surface area contributed by atoms with E-state index in [1.54, 1.807) is 12.4 Å². The number of rotatable bonds is 4. The standard InChI is InChI=1S/C13H12F2N2/c14-12-2-1-11(13(15)7-12)9-17-8-10-3-5-16-6-4-10/h1-7,17H,8-9H2. The van der Waals surface area contributed by atoms with Crippen LogP contribution in [0.25, 0.3) is 0 Å². The van der Waals surface area contributed by atoms with Crippen LogP contribution in [-0.2, 0) is 13.1 Å². The Morgan fingerprint density at radius 2 is 1.76 bits per heavy atom. The highest BCUT2D eigenvalue weighted by molar-refractivity contribution is 5.18. The van der Waals surface area contributed by atoms with Crippen LogP contribution in [0.5, 0.6) is 0 Å². The predicted octanol–water partition coefficient (Wildman–Crippen LogP) is 2.65. The van der Waals surface area contributed by atoms with Crippen LogP contribution in [0, 0.1) is 11.6 Å². The second-order valence-electron chi connectivity index (χ2n) is 3.69. The minimum atomic E-state index is -0.555. The van der Waals surface area contributed by atoms with E-state index in [9.17, 15) is 8.78 Å². The summed E-state index contributed by atoms with van der Waals surface area (Å²) < 4.78 is 26.0. The molecule has 2 rings (SSSR count). The average Bonchev–Trinajstić information content (AvgIpc) is 2.33. The number of nitrogens with one attached hydrogen (secondary N) is 1. The molecular formula is C13H12F2N2. The highest BCUT2D eigenvalue weighted by atomic mass is 19.1. The fraction of sp³-hybridized carbons (Fsp3) is 0.154. The van der Waals surface area contributed by atoms with Gasteiger partial charge in [-0.1, -0.05) is 6.07 Å². The van der Waals surface area contributed by atoms with Crippen molar-refractivity contribution in [3.63, 3.8) is 0 Å².